The van der Waals surface area contributed by atoms with E-state index >= 15 is 0 Å². The maximum Gasteiger partial charge on any atom is 0.164 e. The fourth-order valence-electron chi connectivity index (χ4n) is 0.999. The molecule has 0 saturated carbocycles. The van der Waals surface area contributed by atoms with E-state index in [0.717, 1.165) is 12.8 Å². The topological polar surface area (TPSA) is 36.9 Å². The Bertz CT molecular complexity index is 119. The molecule has 0 aliphatic carbocycles. The van der Waals surface area contributed by atoms with Crippen LogP contribution in [-0.2, 0) is 18.9 Å². The molecule has 0 spiro atoms. The molecule has 4 nitrogen and oxygen atoms in total. The lowest BCUT2D eigenvalue weighted by molar-refractivity contribution is -0.209. The molecule has 0 amide bonds. The summed E-state index contributed by atoms with van der Waals surface area (Å²) < 4.78 is 20.5. The molecule has 0 aliphatic heterocycles. The molecule has 80 valence electrons. The first-order chi connectivity index (χ1) is 6.11. The third kappa shape index (κ3) is 4.57. The van der Waals surface area contributed by atoms with E-state index in [1.165, 1.54) is 0 Å². The molecule has 0 unspecified atom stereocenters. The minimum absolute atomic E-state index is 0.190. The lowest BCUT2D eigenvalue weighted by Crippen LogP contribution is -2.31. The largest absolute Gasteiger partial charge is 0.356 e. The van der Waals surface area contributed by atoms with Crippen LogP contribution >= 0.6 is 0 Å². The fraction of sp³-hybridized carbons (Fsp3) is 1.00. The van der Waals surface area contributed by atoms with Crippen LogP contribution in [0.25, 0.3) is 0 Å². The molecule has 0 aromatic carbocycles. The standard InChI is InChI=1S/C9H20O4/c1-9(12-4,13-5)7-6-8(10-2)11-3/h8H,6-7H2,1-5H3. The molecule has 0 aromatic heterocycles. The van der Waals surface area contributed by atoms with Crippen molar-refractivity contribution in [1.82, 2.24) is 0 Å². The molecule has 0 N–H and O–H groups in total. The molecule has 0 heterocycles. The van der Waals surface area contributed by atoms with E-state index in [-0.39, 0.29) is 6.29 Å². The highest BCUT2D eigenvalue weighted by molar-refractivity contribution is 4.62. The Hall–Kier alpha value is -0.160. The summed E-state index contributed by atoms with van der Waals surface area (Å²) in [4.78, 5) is 0. The highest BCUT2D eigenvalue weighted by atomic mass is 16.7. The van der Waals surface area contributed by atoms with Gasteiger partial charge >= 0.3 is 0 Å². The number of hydrogen-bond donors (Lipinski definition) is 0. The van der Waals surface area contributed by atoms with Crippen molar-refractivity contribution >= 4 is 0 Å². The van der Waals surface area contributed by atoms with Crippen LogP contribution in [0.3, 0.4) is 0 Å². The van der Waals surface area contributed by atoms with E-state index in [1.807, 2.05) is 6.92 Å². The molecule has 0 fully saturated rings. The van der Waals surface area contributed by atoms with Crippen LogP contribution in [0.4, 0.5) is 0 Å². The highest BCUT2D eigenvalue weighted by Gasteiger charge is 2.23. The van der Waals surface area contributed by atoms with Gasteiger partial charge in [0.1, 0.15) is 0 Å². The van der Waals surface area contributed by atoms with Crippen LogP contribution in [0.2, 0.25) is 0 Å². The van der Waals surface area contributed by atoms with E-state index in [0.29, 0.717) is 0 Å². The summed E-state index contributed by atoms with van der Waals surface area (Å²) in [7, 11) is 6.48. The van der Waals surface area contributed by atoms with E-state index < -0.39 is 5.79 Å². The molecular weight excluding hydrogens is 172 g/mol. The first kappa shape index (κ1) is 12.8. The van der Waals surface area contributed by atoms with Gasteiger partial charge in [-0.15, -0.1) is 0 Å². The van der Waals surface area contributed by atoms with Crippen molar-refractivity contribution in [1.29, 1.82) is 0 Å². The molecule has 0 saturated heterocycles. The summed E-state index contributed by atoms with van der Waals surface area (Å²) in [6.07, 6.45) is 1.28. The highest BCUT2D eigenvalue weighted by Crippen LogP contribution is 2.19. The van der Waals surface area contributed by atoms with Gasteiger partial charge in [-0.25, -0.2) is 0 Å². The van der Waals surface area contributed by atoms with E-state index in [9.17, 15) is 0 Å². The van der Waals surface area contributed by atoms with Gasteiger partial charge in [0.25, 0.3) is 0 Å². The lowest BCUT2D eigenvalue weighted by atomic mass is 10.1. The maximum absolute atomic E-state index is 5.19. The van der Waals surface area contributed by atoms with Crippen molar-refractivity contribution < 1.29 is 18.9 Å². The zero-order valence-electron chi connectivity index (χ0n) is 9.12. The first-order valence-electron chi connectivity index (χ1n) is 4.27. The van der Waals surface area contributed by atoms with Gasteiger partial charge in [-0.3, -0.25) is 0 Å². The molecule has 0 atom stereocenters. The molecule has 0 bridgehead atoms. The van der Waals surface area contributed by atoms with Crippen LogP contribution < -0.4 is 0 Å². The maximum atomic E-state index is 5.19. The minimum atomic E-state index is -0.546. The molecule has 0 aromatic rings. The molecular formula is C9H20O4. The summed E-state index contributed by atoms with van der Waals surface area (Å²) in [5, 5.41) is 0. The van der Waals surface area contributed by atoms with Crippen LogP contribution in [0.5, 0.6) is 0 Å². The zero-order chi connectivity index (χ0) is 10.3. The number of ether oxygens (including phenoxy) is 4. The van der Waals surface area contributed by atoms with Crippen LogP contribution in [-0.4, -0.2) is 40.5 Å². The zero-order valence-corrected chi connectivity index (χ0v) is 9.12. The summed E-state index contributed by atoms with van der Waals surface area (Å²) in [5.74, 6) is -0.546. The van der Waals surface area contributed by atoms with Crippen molar-refractivity contribution in [2.24, 2.45) is 0 Å². The van der Waals surface area contributed by atoms with E-state index in [2.05, 4.69) is 0 Å². The number of methoxy groups -OCH3 is 4. The summed E-state index contributed by atoms with van der Waals surface area (Å²) in [6, 6.07) is 0. The second-order valence-electron chi connectivity index (χ2n) is 2.98. The Kier molecular flexibility index (Phi) is 6.24. The molecule has 4 heteroatoms. The number of rotatable bonds is 7. The second-order valence-corrected chi connectivity index (χ2v) is 2.98. The Morgan fingerprint density at radius 2 is 1.46 bits per heavy atom. The monoisotopic (exact) mass is 192 g/mol. The van der Waals surface area contributed by atoms with Crippen molar-refractivity contribution in [3.05, 3.63) is 0 Å². The van der Waals surface area contributed by atoms with Gasteiger partial charge in [-0.05, 0) is 6.92 Å². The average Bonchev–Trinajstić information content (AvgIpc) is 2.19. The SMILES string of the molecule is COC(CCC(C)(OC)OC)OC. The lowest BCUT2D eigenvalue weighted by Gasteiger charge is -2.27. The predicted molar refractivity (Wildman–Crippen MR) is 49.5 cm³/mol. The van der Waals surface area contributed by atoms with Crippen molar-refractivity contribution in [2.75, 3.05) is 28.4 Å². The normalized spacial score (nSPS) is 12.5. The Morgan fingerprint density at radius 3 is 1.77 bits per heavy atom. The van der Waals surface area contributed by atoms with Gasteiger partial charge < -0.3 is 18.9 Å². The Morgan fingerprint density at radius 1 is 1.00 bits per heavy atom. The first-order valence-corrected chi connectivity index (χ1v) is 4.27. The van der Waals surface area contributed by atoms with Gasteiger partial charge in [-0.2, -0.15) is 0 Å². The third-order valence-corrected chi connectivity index (χ3v) is 2.22. The van der Waals surface area contributed by atoms with E-state index in [1.54, 1.807) is 28.4 Å². The molecule has 0 aliphatic rings. The minimum Gasteiger partial charge on any atom is -0.356 e. The van der Waals surface area contributed by atoms with Crippen molar-refractivity contribution in [2.45, 2.75) is 31.8 Å². The summed E-state index contributed by atoms with van der Waals surface area (Å²) in [6.45, 7) is 1.88. The van der Waals surface area contributed by atoms with Crippen molar-refractivity contribution in [3.8, 4) is 0 Å². The average molecular weight is 192 g/mol. The Labute approximate surface area is 80.1 Å². The summed E-state index contributed by atoms with van der Waals surface area (Å²) >= 11 is 0. The molecule has 0 rings (SSSR count). The van der Waals surface area contributed by atoms with Gasteiger partial charge in [-0.1, -0.05) is 0 Å². The third-order valence-electron chi connectivity index (χ3n) is 2.22. The van der Waals surface area contributed by atoms with Gasteiger partial charge in [0, 0.05) is 41.3 Å². The van der Waals surface area contributed by atoms with Gasteiger partial charge in [0.2, 0.25) is 0 Å². The second kappa shape index (κ2) is 6.32. The quantitative estimate of drug-likeness (QED) is 0.571. The summed E-state index contributed by atoms with van der Waals surface area (Å²) in [5.41, 5.74) is 0. The molecule has 0 radical (unpaired) electrons. The number of hydrogen-bond acceptors (Lipinski definition) is 4. The Balaban J connectivity index is 3.83. The molecule has 13 heavy (non-hydrogen) atoms. The van der Waals surface area contributed by atoms with Gasteiger partial charge in [0.05, 0.1) is 0 Å². The van der Waals surface area contributed by atoms with Crippen molar-refractivity contribution in [3.63, 3.8) is 0 Å². The smallest absolute Gasteiger partial charge is 0.164 e. The van der Waals surface area contributed by atoms with Gasteiger partial charge in [0.15, 0.2) is 12.1 Å². The van der Waals surface area contributed by atoms with Crippen LogP contribution in [0.1, 0.15) is 19.8 Å². The fourth-order valence-corrected chi connectivity index (χ4v) is 0.999. The van der Waals surface area contributed by atoms with E-state index in [4.69, 9.17) is 18.9 Å². The van der Waals surface area contributed by atoms with Crippen LogP contribution in [0, 0.1) is 0 Å². The van der Waals surface area contributed by atoms with Crippen LogP contribution in [0.15, 0.2) is 0 Å². The predicted octanol–water partition coefficient (Wildman–Crippen LogP) is 1.39.